The summed E-state index contributed by atoms with van der Waals surface area (Å²) in [4.78, 5) is 0. The predicted octanol–water partition coefficient (Wildman–Crippen LogP) is 13.3. The van der Waals surface area contributed by atoms with E-state index in [2.05, 4.69) is 162 Å². The average molecular weight is 692 g/mol. The van der Waals surface area contributed by atoms with Crippen molar-refractivity contribution in [3.05, 3.63) is 186 Å². The molecule has 1 aromatic heterocycles. The molecule has 0 aliphatic heterocycles. The maximum absolute atomic E-state index is 2.56. The Morgan fingerprint density at radius 2 is 1.04 bits per heavy atom. The summed E-state index contributed by atoms with van der Waals surface area (Å²) in [7, 11) is 0. The lowest BCUT2D eigenvalue weighted by atomic mass is 9.43. The molecule has 0 N–H and O–H groups in total. The van der Waals surface area contributed by atoms with Crippen LogP contribution in [0, 0.1) is 23.7 Å². The van der Waals surface area contributed by atoms with Crippen molar-refractivity contribution in [1.29, 1.82) is 0 Å². The molecule has 4 bridgehead atoms. The molecular formula is C53H41N. The summed E-state index contributed by atoms with van der Waals surface area (Å²) in [5, 5.41) is 2.61. The molecule has 0 unspecified atom stereocenters. The zero-order chi connectivity index (χ0) is 35.1. The van der Waals surface area contributed by atoms with Gasteiger partial charge in [-0.3, -0.25) is 0 Å². The largest absolute Gasteiger partial charge is 0.309 e. The van der Waals surface area contributed by atoms with E-state index in [-0.39, 0.29) is 11.3 Å². The minimum absolute atomic E-state index is 0.215. The van der Waals surface area contributed by atoms with Gasteiger partial charge in [0.1, 0.15) is 0 Å². The van der Waals surface area contributed by atoms with Crippen molar-refractivity contribution < 1.29 is 0 Å². The van der Waals surface area contributed by atoms with Gasteiger partial charge in [-0.1, -0.05) is 121 Å². The van der Waals surface area contributed by atoms with Crippen molar-refractivity contribution >= 4 is 21.8 Å². The summed E-state index contributed by atoms with van der Waals surface area (Å²) in [5.74, 6) is 3.73. The van der Waals surface area contributed by atoms with Gasteiger partial charge in [-0.25, -0.2) is 0 Å². The Kier molecular flexibility index (Phi) is 5.91. The van der Waals surface area contributed by atoms with Crippen molar-refractivity contribution in [3.8, 4) is 39.1 Å². The van der Waals surface area contributed by atoms with Crippen molar-refractivity contribution in [1.82, 2.24) is 4.57 Å². The van der Waals surface area contributed by atoms with E-state index in [4.69, 9.17) is 0 Å². The van der Waals surface area contributed by atoms with Gasteiger partial charge in [0.15, 0.2) is 0 Å². The van der Waals surface area contributed by atoms with Gasteiger partial charge in [-0.15, -0.1) is 0 Å². The first-order valence-electron chi connectivity index (χ1n) is 20.3. The lowest BCUT2D eigenvalue weighted by molar-refractivity contribution is -0.0399. The number of fused-ring (bicyclic) bond motifs is 9. The number of hydrogen-bond acceptors (Lipinski definition) is 0. The second-order valence-electron chi connectivity index (χ2n) is 17.3. The maximum Gasteiger partial charge on any atom is 0.0541 e. The second kappa shape index (κ2) is 10.7. The second-order valence-corrected chi connectivity index (χ2v) is 17.3. The van der Waals surface area contributed by atoms with Crippen molar-refractivity contribution in [2.24, 2.45) is 23.7 Å². The molecule has 4 saturated carbocycles. The molecule has 1 heteroatoms. The summed E-state index contributed by atoms with van der Waals surface area (Å²) in [5.41, 5.74) is 19.6. The van der Waals surface area contributed by atoms with Gasteiger partial charge in [0, 0.05) is 27.8 Å². The Hall–Kier alpha value is -5.66. The molecule has 0 atom stereocenters. The highest BCUT2D eigenvalue weighted by atomic mass is 15.0. The fraction of sp³-hybridized carbons (Fsp3) is 0.208. The average Bonchev–Trinajstić information content (AvgIpc) is 3.84. The quantitative estimate of drug-likeness (QED) is 0.174. The molecule has 0 amide bonds. The highest BCUT2D eigenvalue weighted by Gasteiger charge is 2.61. The smallest absolute Gasteiger partial charge is 0.0541 e. The Morgan fingerprint density at radius 1 is 0.426 bits per heavy atom. The monoisotopic (exact) mass is 691 g/mol. The van der Waals surface area contributed by atoms with Gasteiger partial charge in [-0.2, -0.15) is 0 Å². The van der Waals surface area contributed by atoms with Crippen LogP contribution in [-0.4, -0.2) is 4.57 Å². The van der Waals surface area contributed by atoms with Gasteiger partial charge in [0.2, 0.25) is 0 Å². The number of hydrogen-bond donors (Lipinski definition) is 0. The van der Waals surface area contributed by atoms with E-state index >= 15 is 0 Å². The van der Waals surface area contributed by atoms with Crippen LogP contribution in [0.15, 0.2) is 158 Å². The van der Waals surface area contributed by atoms with Crippen molar-refractivity contribution in [3.63, 3.8) is 0 Å². The van der Waals surface area contributed by atoms with Crippen LogP contribution in [0.4, 0.5) is 0 Å². The molecule has 8 aromatic rings. The molecule has 7 aromatic carbocycles. The minimum Gasteiger partial charge on any atom is -0.309 e. The molecule has 14 rings (SSSR count). The van der Waals surface area contributed by atoms with E-state index in [0.717, 1.165) is 23.7 Å². The SMILES string of the molecule is c1cc(C2c3ccccc3-c3ccccc32)cc(-n2c3ccccc3c3cc(-c4ccc5c(c4)-c4ccccc4C54C5CC6CC(C5)CC4C6)ccc32)c1. The molecule has 1 nitrogen and oxygen atoms in total. The molecule has 258 valence electrons. The van der Waals surface area contributed by atoms with Crippen molar-refractivity contribution in [2.75, 3.05) is 0 Å². The lowest BCUT2D eigenvalue weighted by Gasteiger charge is -2.61. The zero-order valence-electron chi connectivity index (χ0n) is 30.4. The van der Waals surface area contributed by atoms with Gasteiger partial charge >= 0.3 is 0 Å². The molecular weight excluding hydrogens is 651 g/mol. The summed E-state index contributed by atoms with van der Waals surface area (Å²) >= 11 is 0. The number of nitrogens with zero attached hydrogens (tertiary/aromatic N) is 1. The Balaban J connectivity index is 0.945. The van der Waals surface area contributed by atoms with Crippen LogP contribution in [0.2, 0.25) is 0 Å². The van der Waals surface area contributed by atoms with E-state index in [1.807, 2.05) is 0 Å². The van der Waals surface area contributed by atoms with Crippen LogP contribution in [0.5, 0.6) is 0 Å². The fourth-order valence-corrected chi connectivity index (χ4v) is 13.1. The molecule has 54 heavy (non-hydrogen) atoms. The van der Waals surface area contributed by atoms with Crippen LogP contribution >= 0.6 is 0 Å². The molecule has 0 saturated heterocycles. The van der Waals surface area contributed by atoms with Crippen LogP contribution in [0.3, 0.4) is 0 Å². The van der Waals surface area contributed by atoms with Gasteiger partial charge in [-0.05, 0) is 153 Å². The summed E-state index contributed by atoms with van der Waals surface area (Å²) in [6, 6.07) is 60.4. The Bertz CT molecular complexity index is 2790. The molecule has 0 radical (unpaired) electrons. The Morgan fingerprint density at radius 3 is 1.81 bits per heavy atom. The molecule has 1 spiro atoms. The molecule has 4 fully saturated rings. The van der Waals surface area contributed by atoms with Crippen molar-refractivity contribution in [2.45, 2.75) is 43.4 Å². The van der Waals surface area contributed by atoms with E-state index < -0.39 is 0 Å². The summed E-state index contributed by atoms with van der Waals surface area (Å²) in [6.45, 7) is 0. The summed E-state index contributed by atoms with van der Waals surface area (Å²) < 4.78 is 2.49. The Labute approximate surface area is 316 Å². The predicted molar refractivity (Wildman–Crippen MR) is 222 cm³/mol. The highest BCUT2D eigenvalue weighted by molar-refractivity contribution is 6.10. The first kappa shape index (κ1) is 29.8. The standard InChI is InChI=1S/C53H41N/c1-3-16-44-40(12-1)41-13-2-4-17-45(41)52(44)36-10-9-11-39(29-36)54-50-19-8-6-15-43(50)47-31-35(21-23-51(47)54)34-20-22-49-46(30-34)42-14-5-7-18-48(42)53(49)37-25-32-24-33(27-37)28-38(53)26-32/h1-23,29-33,37-38,52H,24-28H2. The third-order valence-electron chi connectivity index (χ3n) is 14.9. The van der Waals surface area contributed by atoms with Crippen LogP contribution in [0.25, 0.3) is 60.9 Å². The highest BCUT2D eigenvalue weighted by Crippen LogP contribution is 2.69. The molecule has 6 aliphatic carbocycles. The maximum atomic E-state index is 2.56. The fourth-order valence-electron chi connectivity index (χ4n) is 13.1. The van der Waals surface area contributed by atoms with E-state index in [0.29, 0.717) is 0 Å². The first-order chi connectivity index (χ1) is 26.7. The normalized spacial score (nSPS) is 24.3. The number of benzene rings is 7. The molecule has 6 aliphatic rings. The minimum atomic E-state index is 0.215. The van der Waals surface area contributed by atoms with E-state index in [9.17, 15) is 0 Å². The summed E-state index contributed by atoms with van der Waals surface area (Å²) in [6.07, 6.45) is 7.19. The first-order valence-corrected chi connectivity index (χ1v) is 20.3. The number of aromatic nitrogens is 1. The van der Waals surface area contributed by atoms with Crippen LogP contribution in [-0.2, 0) is 5.41 Å². The van der Waals surface area contributed by atoms with E-state index in [1.165, 1.54) is 110 Å². The zero-order valence-corrected chi connectivity index (χ0v) is 30.4. The lowest BCUT2D eigenvalue weighted by Crippen LogP contribution is -2.55. The van der Waals surface area contributed by atoms with Gasteiger partial charge in [0.05, 0.1) is 11.0 Å². The van der Waals surface area contributed by atoms with Gasteiger partial charge < -0.3 is 4.57 Å². The third-order valence-corrected chi connectivity index (χ3v) is 14.9. The molecule has 1 heterocycles. The van der Waals surface area contributed by atoms with Crippen LogP contribution < -0.4 is 0 Å². The third kappa shape index (κ3) is 3.80. The topological polar surface area (TPSA) is 4.93 Å². The number of rotatable bonds is 3. The number of para-hydroxylation sites is 1. The van der Waals surface area contributed by atoms with E-state index in [1.54, 1.807) is 11.1 Å². The van der Waals surface area contributed by atoms with Gasteiger partial charge in [0.25, 0.3) is 0 Å². The van der Waals surface area contributed by atoms with Crippen LogP contribution in [0.1, 0.15) is 65.8 Å².